The molecule has 1 spiro atoms. The molecule has 0 unspecified atom stereocenters. The van der Waals surface area contributed by atoms with Crippen LogP contribution >= 0.6 is 23.9 Å². The van der Waals surface area contributed by atoms with Crippen molar-refractivity contribution in [1.29, 1.82) is 0 Å². The molecule has 5 rings (SSSR count). The van der Waals surface area contributed by atoms with E-state index < -0.39 is 5.60 Å². The van der Waals surface area contributed by atoms with Gasteiger partial charge in [-0.2, -0.15) is 9.47 Å². The van der Waals surface area contributed by atoms with Crippen molar-refractivity contribution in [2.45, 2.75) is 38.2 Å². The number of aryl methyl sites for hydroxylation is 1. The number of halogens is 2. The molecule has 0 radical (unpaired) electrons. The van der Waals surface area contributed by atoms with E-state index in [2.05, 4.69) is 14.8 Å². The second kappa shape index (κ2) is 9.07. The molecular weight excluding hydrogens is 453 g/mol. The van der Waals surface area contributed by atoms with Crippen LogP contribution in [-0.4, -0.2) is 38.9 Å². The number of ether oxygens (including phenoxy) is 1. The number of rotatable bonds is 5. The van der Waals surface area contributed by atoms with Gasteiger partial charge in [-0.3, -0.25) is 4.90 Å². The first-order valence-corrected chi connectivity index (χ1v) is 11.3. The van der Waals surface area contributed by atoms with Crippen molar-refractivity contribution in [1.82, 2.24) is 14.2 Å². The van der Waals surface area contributed by atoms with Crippen molar-refractivity contribution in [3.63, 3.8) is 0 Å². The van der Waals surface area contributed by atoms with Gasteiger partial charge in [0.05, 0.1) is 12.2 Å². The molecule has 0 bridgehead atoms. The predicted octanol–water partition coefficient (Wildman–Crippen LogP) is 5.20. The van der Waals surface area contributed by atoms with Crippen LogP contribution in [0, 0.1) is 18.7 Å². The van der Waals surface area contributed by atoms with Gasteiger partial charge in [0, 0.05) is 18.8 Å². The highest BCUT2D eigenvalue weighted by molar-refractivity contribution is 7.10. The highest BCUT2D eigenvalue weighted by Crippen LogP contribution is 2.41. The van der Waals surface area contributed by atoms with Gasteiger partial charge in [-0.05, 0) is 68.3 Å². The molecule has 1 N–H and O–H groups in total. The van der Waals surface area contributed by atoms with Crippen LogP contribution < -0.4 is 10.2 Å². The molecular formula is C22H25ClFN5O2S. The quantitative estimate of drug-likeness (QED) is 0.547. The normalized spacial score (nSPS) is 22.6. The SMILES string of the molecule is Cc1cc(N2C[C@]3(CC[C@@H](CNc4ccn(-c5ccccc5F)n4)CC3)OC2=O)sn1.Cl. The van der Waals surface area contributed by atoms with E-state index in [9.17, 15) is 9.18 Å². The summed E-state index contributed by atoms with van der Waals surface area (Å²) >= 11 is 1.34. The minimum atomic E-state index is -0.391. The van der Waals surface area contributed by atoms with Gasteiger partial charge >= 0.3 is 6.09 Å². The molecule has 3 heterocycles. The van der Waals surface area contributed by atoms with Crippen molar-refractivity contribution in [3.8, 4) is 5.69 Å². The summed E-state index contributed by atoms with van der Waals surface area (Å²) in [6, 6.07) is 10.4. The monoisotopic (exact) mass is 477 g/mol. The van der Waals surface area contributed by atoms with Crippen LogP contribution in [0.5, 0.6) is 0 Å². The average molecular weight is 478 g/mol. The number of nitrogens with one attached hydrogen (secondary N) is 1. The molecule has 170 valence electrons. The van der Waals surface area contributed by atoms with Gasteiger partial charge in [-0.15, -0.1) is 12.4 Å². The lowest BCUT2D eigenvalue weighted by Gasteiger charge is -2.35. The van der Waals surface area contributed by atoms with Crippen molar-refractivity contribution in [2.24, 2.45) is 5.92 Å². The molecule has 2 fully saturated rings. The fourth-order valence-corrected chi connectivity index (χ4v) is 5.13. The number of hydrogen-bond acceptors (Lipinski definition) is 6. The third-order valence-electron chi connectivity index (χ3n) is 6.13. The lowest BCUT2D eigenvalue weighted by Crippen LogP contribution is -2.39. The smallest absolute Gasteiger partial charge is 0.415 e. The maximum absolute atomic E-state index is 13.9. The largest absolute Gasteiger partial charge is 0.441 e. The van der Waals surface area contributed by atoms with Gasteiger partial charge in [0.2, 0.25) is 0 Å². The molecule has 3 aromatic rings. The third-order valence-corrected chi connectivity index (χ3v) is 7.03. The van der Waals surface area contributed by atoms with E-state index in [1.54, 1.807) is 34.0 Å². The molecule has 2 aromatic heterocycles. The molecule has 32 heavy (non-hydrogen) atoms. The summed E-state index contributed by atoms with van der Waals surface area (Å²) < 4.78 is 25.6. The van der Waals surface area contributed by atoms with E-state index in [1.807, 2.05) is 19.1 Å². The summed E-state index contributed by atoms with van der Waals surface area (Å²) in [4.78, 5) is 14.1. The summed E-state index contributed by atoms with van der Waals surface area (Å²) in [5.41, 5.74) is 0.956. The molecule has 1 aromatic carbocycles. The van der Waals surface area contributed by atoms with E-state index in [-0.39, 0.29) is 24.3 Å². The van der Waals surface area contributed by atoms with Gasteiger partial charge in [-0.1, -0.05) is 12.1 Å². The molecule has 1 aliphatic carbocycles. The zero-order valence-electron chi connectivity index (χ0n) is 17.7. The number of nitrogens with zero attached hydrogens (tertiary/aromatic N) is 4. The molecule has 1 amide bonds. The highest BCUT2D eigenvalue weighted by atomic mass is 35.5. The van der Waals surface area contributed by atoms with Gasteiger partial charge in [0.15, 0.2) is 0 Å². The van der Waals surface area contributed by atoms with Crippen LogP contribution in [0.1, 0.15) is 31.4 Å². The fourth-order valence-electron chi connectivity index (χ4n) is 4.38. The number of benzene rings is 1. The zero-order valence-corrected chi connectivity index (χ0v) is 19.3. The maximum Gasteiger partial charge on any atom is 0.415 e. The molecule has 1 saturated carbocycles. The van der Waals surface area contributed by atoms with Crippen LogP contribution in [0.4, 0.5) is 20.0 Å². The van der Waals surface area contributed by atoms with E-state index in [1.165, 1.54) is 17.6 Å². The van der Waals surface area contributed by atoms with Crippen LogP contribution in [-0.2, 0) is 4.74 Å². The van der Waals surface area contributed by atoms with Crippen LogP contribution in [0.2, 0.25) is 0 Å². The number of carbonyl (C=O) groups excluding carboxylic acids is 1. The summed E-state index contributed by atoms with van der Waals surface area (Å²) in [5.74, 6) is 0.897. The molecule has 1 aliphatic heterocycles. The highest BCUT2D eigenvalue weighted by Gasteiger charge is 2.48. The Morgan fingerprint density at radius 2 is 2.06 bits per heavy atom. The second-order valence-corrected chi connectivity index (χ2v) is 9.15. The number of anilines is 2. The molecule has 10 heteroatoms. The Morgan fingerprint density at radius 3 is 2.78 bits per heavy atom. The standard InChI is InChI=1S/C22H24FN5O2S.ClH/c1-15-12-20(31-26-15)27-14-22(30-21(27)29)9-6-16(7-10-22)13-24-19-8-11-28(25-19)18-5-3-2-4-17(18)23;/h2-5,8,11-12,16H,6-7,9-10,13-14H2,1H3,(H,24,25);1H/t16-,22-;. The molecule has 2 aliphatic rings. The summed E-state index contributed by atoms with van der Waals surface area (Å²) in [6.07, 6.45) is 5.14. The Bertz CT molecular complexity index is 1100. The minimum Gasteiger partial charge on any atom is -0.441 e. The van der Waals surface area contributed by atoms with Gasteiger partial charge in [-0.25, -0.2) is 13.9 Å². The van der Waals surface area contributed by atoms with Crippen molar-refractivity contribution >= 4 is 40.9 Å². The predicted molar refractivity (Wildman–Crippen MR) is 125 cm³/mol. The Labute approximate surface area is 196 Å². The second-order valence-electron chi connectivity index (χ2n) is 8.36. The molecule has 0 atom stereocenters. The summed E-state index contributed by atoms with van der Waals surface area (Å²) in [6.45, 7) is 3.31. The van der Waals surface area contributed by atoms with Gasteiger partial charge < -0.3 is 10.1 Å². The van der Waals surface area contributed by atoms with Crippen LogP contribution in [0.15, 0.2) is 42.6 Å². The van der Waals surface area contributed by atoms with Crippen molar-refractivity contribution < 1.29 is 13.9 Å². The van der Waals surface area contributed by atoms with E-state index in [0.29, 0.717) is 18.2 Å². The number of amides is 1. The summed E-state index contributed by atoms with van der Waals surface area (Å²) in [7, 11) is 0. The molecule has 7 nitrogen and oxygen atoms in total. The van der Waals surface area contributed by atoms with E-state index in [4.69, 9.17) is 4.74 Å². The van der Waals surface area contributed by atoms with Crippen LogP contribution in [0.3, 0.4) is 0 Å². The van der Waals surface area contributed by atoms with Crippen molar-refractivity contribution in [3.05, 3.63) is 54.1 Å². The third kappa shape index (κ3) is 4.45. The zero-order chi connectivity index (χ0) is 21.4. The van der Waals surface area contributed by atoms with Gasteiger partial charge in [0.1, 0.15) is 27.9 Å². The summed E-state index contributed by atoms with van der Waals surface area (Å²) in [5, 5.41) is 8.66. The average Bonchev–Trinajstić information content (AvgIpc) is 3.48. The van der Waals surface area contributed by atoms with E-state index >= 15 is 0 Å². The first-order chi connectivity index (χ1) is 15.0. The number of aromatic nitrogens is 3. The topological polar surface area (TPSA) is 72.3 Å². The first-order valence-electron chi connectivity index (χ1n) is 10.5. The minimum absolute atomic E-state index is 0. The Balaban J connectivity index is 0.00000245. The Kier molecular flexibility index (Phi) is 6.39. The number of carbonyl (C=O) groups is 1. The van der Waals surface area contributed by atoms with Crippen molar-refractivity contribution in [2.75, 3.05) is 23.3 Å². The lowest BCUT2D eigenvalue weighted by molar-refractivity contribution is 0.0148. The molecule has 1 saturated heterocycles. The van der Waals surface area contributed by atoms with Gasteiger partial charge in [0.25, 0.3) is 0 Å². The Morgan fingerprint density at radius 1 is 1.28 bits per heavy atom. The fraction of sp³-hybridized carbons (Fsp3) is 0.409. The maximum atomic E-state index is 13.9. The van der Waals surface area contributed by atoms with Crippen LogP contribution in [0.25, 0.3) is 5.69 Å². The van der Waals surface area contributed by atoms with E-state index in [0.717, 1.165) is 48.7 Å². The first kappa shape index (κ1) is 22.5. The Hall–Kier alpha value is -2.65. The lowest BCUT2D eigenvalue weighted by atomic mass is 9.78. The number of hydrogen-bond donors (Lipinski definition) is 1. The number of para-hydroxylation sites is 1.